The van der Waals surface area contributed by atoms with Crippen molar-refractivity contribution in [1.29, 1.82) is 0 Å². The van der Waals surface area contributed by atoms with Crippen molar-refractivity contribution >= 4 is 5.97 Å². The summed E-state index contributed by atoms with van der Waals surface area (Å²) < 4.78 is 0. The van der Waals surface area contributed by atoms with E-state index >= 15 is 0 Å². The molecule has 0 heterocycles. The summed E-state index contributed by atoms with van der Waals surface area (Å²) in [6.45, 7) is 2.24. The molecule has 0 aromatic rings. The highest BCUT2D eigenvalue weighted by Crippen LogP contribution is 2.08. The van der Waals surface area contributed by atoms with Crippen molar-refractivity contribution in [2.45, 2.75) is 71.1 Å². The molecule has 1 N–H and O–H groups in total. The lowest BCUT2D eigenvalue weighted by Gasteiger charge is -1.98. The Morgan fingerprint density at radius 1 is 0.938 bits per heavy atom. The molecule has 0 unspecified atom stereocenters. The van der Waals surface area contributed by atoms with Gasteiger partial charge in [-0.25, -0.2) is 0 Å². The molecule has 0 aliphatic rings. The van der Waals surface area contributed by atoms with Gasteiger partial charge < -0.3 is 5.11 Å². The Kier molecular flexibility index (Phi) is 11.7. The number of carbonyl (C=O) groups is 1. The summed E-state index contributed by atoms with van der Waals surface area (Å²) in [7, 11) is 0. The van der Waals surface area contributed by atoms with Crippen LogP contribution in [0.25, 0.3) is 0 Å². The van der Waals surface area contributed by atoms with Crippen molar-refractivity contribution < 1.29 is 9.90 Å². The van der Waals surface area contributed by atoms with Gasteiger partial charge in [0.1, 0.15) is 0 Å². The molecule has 0 rings (SSSR count). The molecule has 2 heteroatoms. The van der Waals surface area contributed by atoms with Crippen molar-refractivity contribution in [2.24, 2.45) is 0 Å². The second-order valence-corrected chi connectivity index (χ2v) is 4.31. The van der Waals surface area contributed by atoms with E-state index in [1.807, 2.05) is 6.08 Å². The van der Waals surface area contributed by atoms with E-state index in [2.05, 4.69) is 13.0 Å². The molecule has 0 fully saturated rings. The van der Waals surface area contributed by atoms with Gasteiger partial charge in [0.2, 0.25) is 0 Å². The van der Waals surface area contributed by atoms with Crippen LogP contribution in [0.15, 0.2) is 12.2 Å². The molecule has 0 saturated heterocycles. The zero-order valence-corrected chi connectivity index (χ0v) is 10.6. The summed E-state index contributed by atoms with van der Waals surface area (Å²) in [5.41, 5.74) is 0. The second kappa shape index (κ2) is 12.3. The van der Waals surface area contributed by atoms with Crippen LogP contribution in [-0.2, 0) is 4.79 Å². The predicted octanol–water partition coefficient (Wildman–Crippen LogP) is 4.55. The third kappa shape index (κ3) is 13.2. The third-order valence-electron chi connectivity index (χ3n) is 2.67. The van der Waals surface area contributed by atoms with E-state index < -0.39 is 5.97 Å². The monoisotopic (exact) mass is 226 g/mol. The fraction of sp³-hybridized carbons (Fsp3) is 0.786. The molecule has 0 spiro atoms. The summed E-state index contributed by atoms with van der Waals surface area (Å²) in [6, 6.07) is 0. The number of carboxylic acids is 1. The van der Waals surface area contributed by atoms with E-state index in [9.17, 15) is 4.79 Å². The van der Waals surface area contributed by atoms with E-state index in [1.54, 1.807) is 0 Å². The summed E-state index contributed by atoms with van der Waals surface area (Å²) in [5, 5.41) is 8.42. The van der Waals surface area contributed by atoms with Gasteiger partial charge in [-0.05, 0) is 19.3 Å². The summed E-state index contributed by atoms with van der Waals surface area (Å²) in [5.74, 6) is -0.708. The number of unbranched alkanes of at least 4 members (excludes halogenated alkanes) is 7. The Labute approximate surface area is 99.7 Å². The minimum Gasteiger partial charge on any atom is -0.481 e. The van der Waals surface area contributed by atoms with Gasteiger partial charge in [0.15, 0.2) is 0 Å². The summed E-state index contributed by atoms with van der Waals surface area (Å²) >= 11 is 0. The molecule has 0 saturated carbocycles. The molecule has 0 aliphatic heterocycles. The third-order valence-corrected chi connectivity index (χ3v) is 2.67. The molecular weight excluding hydrogens is 200 g/mol. The van der Waals surface area contributed by atoms with Crippen LogP contribution in [0.4, 0.5) is 0 Å². The van der Waals surface area contributed by atoms with E-state index in [0.717, 1.165) is 6.42 Å². The molecule has 0 atom stereocenters. The van der Waals surface area contributed by atoms with Gasteiger partial charge in [-0.15, -0.1) is 0 Å². The smallest absolute Gasteiger partial charge is 0.303 e. The topological polar surface area (TPSA) is 37.3 Å². The molecule has 0 aromatic carbocycles. The van der Waals surface area contributed by atoms with Gasteiger partial charge in [-0.3, -0.25) is 4.79 Å². The van der Waals surface area contributed by atoms with Gasteiger partial charge in [0, 0.05) is 6.42 Å². The van der Waals surface area contributed by atoms with Gasteiger partial charge in [0.05, 0.1) is 0 Å². The number of hydrogen-bond donors (Lipinski definition) is 1. The number of carboxylic acid groups (broad SMARTS) is 1. The van der Waals surface area contributed by atoms with Crippen LogP contribution in [0.5, 0.6) is 0 Å². The molecule has 94 valence electrons. The van der Waals surface area contributed by atoms with Crippen molar-refractivity contribution in [3.05, 3.63) is 12.2 Å². The first-order valence-electron chi connectivity index (χ1n) is 6.64. The van der Waals surface area contributed by atoms with E-state index in [-0.39, 0.29) is 6.42 Å². The Balaban J connectivity index is 3.05. The van der Waals surface area contributed by atoms with Crippen LogP contribution < -0.4 is 0 Å². The minimum absolute atomic E-state index is 0.257. The van der Waals surface area contributed by atoms with Crippen LogP contribution in [0.3, 0.4) is 0 Å². The maximum atomic E-state index is 10.2. The average molecular weight is 226 g/mol. The zero-order valence-electron chi connectivity index (χ0n) is 10.6. The van der Waals surface area contributed by atoms with Crippen molar-refractivity contribution in [2.75, 3.05) is 0 Å². The number of rotatable bonds is 11. The number of allylic oxidation sites excluding steroid dienone is 2. The van der Waals surface area contributed by atoms with E-state index in [1.165, 1.54) is 44.9 Å². The Morgan fingerprint density at radius 3 is 2.12 bits per heavy atom. The number of aliphatic carboxylic acids is 1. The van der Waals surface area contributed by atoms with Gasteiger partial charge in [0.25, 0.3) is 0 Å². The van der Waals surface area contributed by atoms with Crippen LogP contribution in [0.2, 0.25) is 0 Å². The fourth-order valence-corrected chi connectivity index (χ4v) is 1.66. The van der Waals surface area contributed by atoms with Crippen LogP contribution >= 0.6 is 0 Å². The lowest BCUT2D eigenvalue weighted by molar-refractivity contribution is -0.136. The van der Waals surface area contributed by atoms with Crippen LogP contribution in [-0.4, -0.2) is 11.1 Å². The van der Waals surface area contributed by atoms with Gasteiger partial charge in [-0.1, -0.05) is 57.6 Å². The highest BCUT2D eigenvalue weighted by Gasteiger charge is 1.92. The molecule has 0 aliphatic carbocycles. The SMILES string of the molecule is CCCCCCCCC/C=C/CCC(=O)O. The Bertz CT molecular complexity index is 185. The predicted molar refractivity (Wildman–Crippen MR) is 68.6 cm³/mol. The Morgan fingerprint density at radius 2 is 1.50 bits per heavy atom. The standard InChI is InChI=1S/C14H26O2/c1-2-3-4-5-6-7-8-9-10-11-12-13-14(15)16/h10-11H,2-9,12-13H2,1H3,(H,15,16)/b11-10+. The Hall–Kier alpha value is -0.790. The molecule has 0 amide bonds. The van der Waals surface area contributed by atoms with Crippen molar-refractivity contribution in [1.82, 2.24) is 0 Å². The maximum absolute atomic E-state index is 10.2. The van der Waals surface area contributed by atoms with E-state index in [0.29, 0.717) is 6.42 Å². The molecule has 0 bridgehead atoms. The second-order valence-electron chi connectivity index (χ2n) is 4.31. The quantitative estimate of drug-likeness (QED) is 0.414. The first-order valence-corrected chi connectivity index (χ1v) is 6.64. The highest BCUT2D eigenvalue weighted by molar-refractivity contribution is 5.66. The summed E-state index contributed by atoms with van der Waals surface area (Å²) in [4.78, 5) is 10.2. The van der Waals surface area contributed by atoms with E-state index in [4.69, 9.17) is 5.11 Å². The lowest BCUT2D eigenvalue weighted by atomic mass is 10.1. The van der Waals surface area contributed by atoms with Crippen molar-refractivity contribution in [3.63, 3.8) is 0 Å². The number of hydrogen-bond acceptors (Lipinski definition) is 1. The van der Waals surface area contributed by atoms with Gasteiger partial charge in [-0.2, -0.15) is 0 Å². The molecule has 2 nitrogen and oxygen atoms in total. The molecule has 0 radical (unpaired) electrons. The zero-order chi connectivity index (χ0) is 12.1. The highest BCUT2D eigenvalue weighted by atomic mass is 16.4. The summed E-state index contributed by atoms with van der Waals surface area (Å²) in [6.07, 6.45) is 15.5. The lowest BCUT2D eigenvalue weighted by Crippen LogP contribution is -1.91. The molecular formula is C14H26O2. The van der Waals surface area contributed by atoms with Crippen LogP contribution in [0, 0.1) is 0 Å². The van der Waals surface area contributed by atoms with Crippen LogP contribution in [0.1, 0.15) is 71.1 Å². The average Bonchev–Trinajstić information content (AvgIpc) is 2.25. The maximum Gasteiger partial charge on any atom is 0.303 e. The molecule has 0 aromatic heterocycles. The first-order chi connectivity index (χ1) is 7.77. The van der Waals surface area contributed by atoms with Gasteiger partial charge >= 0.3 is 5.97 Å². The fourth-order valence-electron chi connectivity index (χ4n) is 1.66. The molecule has 16 heavy (non-hydrogen) atoms. The van der Waals surface area contributed by atoms with Crippen molar-refractivity contribution in [3.8, 4) is 0 Å². The largest absolute Gasteiger partial charge is 0.481 e. The minimum atomic E-state index is -0.708. The normalized spacial score (nSPS) is 11.1. The first kappa shape index (κ1) is 15.2.